The molecule has 0 fully saturated rings. The number of benzene rings is 2. The van der Waals surface area contributed by atoms with E-state index in [4.69, 9.17) is 11.6 Å². The number of anilines is 4. The molecule has 4 nitrogen and oxygen atoms in total. The number of aromatic nitrogens is 2. The van der Waals surface area contributed by atoms with Gasteiger partial charge in [0.15, 0.2) is 0 Å². The van der Waals surface area contributed by atoms with E-state index in [1.165, 1.54) is 0 Å². The topological polar surface area (TPSA) is 41.1 Å². The van der Waals surface area contributed by atoms with Crippen LogP contribution in [0.25, 0.3) is 0 Å². The molecule has 0 atom stereocenters. The van der Waals surface area contributed by atoms with Crippen LogP contribution in [0.15, 0.2) is 60.7 Å². The summed E-state index contributed by atoms with van der Waals surface area (Å²) in [5, 5.41) is 3.87. The third-order valence-corrected chi connectivity index (χ3v) is 3.64. The minimum atomic E-state index is 0.546. The van der Waals surface area contributed by atoms with E-state index in [9.17, 15) is 0 Å². The quantitative estimate of drug-likeness (QED) is 0.737. The van der Waals surface area contributed by atoms with Gasteiger partial charge in [-0.3, -0.25) is 0 Å². The van der Waals surface area contributed by atoms with Crippen molar-refractivity contribution in [2.75, 3.05) is 17.3 Å². The standard InChI is InChI=1S/C18H17ClN4/c1-13-11-17(23(2)16-9-4-3-5-10-16)22-18(20-13)21-15-8-6-7-14(19)12-15/h3-12H,1-2H3,(H,20,21,22). The molecule has 3 aromatic rings. The summed E-state index contributed by atoms with van der Waals surface area (Å²) >= 11 is 6.02. The maximum atomic E-state index is 6.02. The van der Waals surface area contributed by atoms with Gasteiger partial charge in [0.05, 0.1) is 0 Å². The zero-order valence-corrected chi connectivity index (χ0v) is 13.7. The molecule has 3 rings (SSSR count). The first kappa shape index (κ1) is 15.3. The third kappa shape index (κ3) is 3.79. The van der Waals surface area contributed by atoms with Crippen molar-refractivity contribution in [1.29, 1.82) is 0 Å². The van der Waals surface area contributed by atoms with Crippen molar-refractivity contribution in [2.24, 2.45) is 0 Å². The second kappa shape index (κ2) is 6.67. The summed E-state index contributed by atoms with van der Waals surface area (Å²) in [6.07, 6.45) is 0. The number of nitrogens with zero attached hydrogens (tertiary/aromatic N) is 3. The largest absolute Gasteiger partial charge is 0.329 e. The lowest BCUT2D eigenvalue weighted by atomic mass is 10.3. The minimum absolute atomic E-state index is 0.546. The van der Waals surface area contributed by atoms with Crippen LogP contribution in [0, 0.1) is 6.92 Å². The molecule has 23 heavy (non-hydrogen) atoms. The Morgan fingerprint density at radius 3 is 2.48 bits per heavy atom. The van der Waals surface area contributed by atoms with Crippen LogP contribution in [-0.2, 0) is 0 Å². The molecule has 1 heterocycles. The average Bonchev–Trinajstić information content (AvgIpc) is 2.54. The zero-order valence-electron chi connectivity index (χ0n) is 13.0. The van der Waals surface area contributed by atoms with E-state index in [1.807, 2.05) is 79.5 Å². The number of hydrogen-bond acceptors (Lipinski definition) is 4. The molecule has 116 valence electrons. The Hall–Kier alpha value is -2.59. The van der Waals surface area contributed by atoms with Crippen LogP contribution in [0.4, 0.5) is 23.1 Å². The molecule has 2 aromatic carbocycles. The number of hydrogen-bond donors (Lipinski definition) is 1. The smallest absolute Gasteiger partial charge is 0.229 e. The van der Waals surface area contributed by atoms with Gasteiger partial charge >= 0.3 is 0 Å². The molecule has 0 aliphatic carbocycles. The van der Waals surface area contributed by atoms with E-state index in [2.05, 4.69) is 15.3 Å². The molecule has 0 radical (unpaired) electrons. The van der Waals surface area contributed by atoms with Crippen molar-refractivity contribution in [3.05, 3.63) is 71.4 Å². The highest BCUT2D eigenvalue weighted by Crippen LogP contribution is 2.24. The number of rotatable bonds is 4. The SMILES string of the molecule is Cc1cc(N(C)c2ccccc2)nc(Nc2cccc(Cl)c2)n1. The van der Waals surface area contributed by atoms with Gasteiger partial charge in [-0.25, -0.2) is 4.98 Å². The summed E-state index contributed by atoms with van der Waals surface area (Å²) in [6, 6.07) is 19.5. The monoisotopic (exact) mass is 324 g/mol. The highest BCUT2D eigenvalue weighted by atomic mass is 35.5. The Morgan fingerprint density at radius 2 is 1.74 bits per heavy atom. The van der Waals surface area contributed by atoms with E-state index in [1.54, 1.807) is 0 Å². The van der Waals surface area contributed by atoms with Crippen LogP contribution in [0.5, 0.6) is 0 Å². The molecule has 0 amide bonds. The lowest BCUT2D eigenvalue weighted by molar-refractivity contribution is 1.05. The predicted molar refractivity (Wildman–Crippen MR) is 96.0 cm³/mol. The molecule has 0 saturated carbocycles. The Bertz CT molecular complexity index is 805. The van der Waals surface area contributed by atoms with Crippen LogP contribution in [0.1, 0.15) is 5.69 Å². The maximum Gasteiger partial charge on any atom is 0.229 e. The molecule has 0 spiro atoms. The van der Waals surface area contributed by atoms with Gasteiger partial charge in [0, 0.05) is 35.2 Å². The fourth-order valence-corrected chi connectivity index (χ4v) is 2.45. The van der Waals surface area contributed by atoms with Crippen LogP contribution in [-0.4, -0.2) is 17.0 Å². The van der Waals surface area contributed by atoms with Crippen molar-refractivity contribution in [3.63, 3.8) is 0 Å². The Labute approximate surface area is 140 Å². The van der Waals surface area contributed by atoms with Crippen molar-refractivity contribution in [3.8, 4) is 0 Å². The molecule has 0 aliphatic rings. The van der Waals surface area contributed by atoms with E-state index in [-0.39, 0.29) is 0 Å². The van der Waals surface area contributed by atoms with Gasteiger partial charge in [0.25, 0.3) is 0 Å². The molecule has 5 heteroatoms. The number of halogens is 1. The summed E-state index contributed by atoms with van der Waals surface area (Å²) < 4.78 is 0. The van der Waals surface area contributed by atoms with E-state index in [0.29, 0.717) is 11.0 Å². The second-order valence-corrected chi connectivity index (χ2v) is 5.66. The Kier molecular flexibility index (Phi) is 4.44. The van der Waals surface area contributed by atoms with E-state index in [0.717, 1.165) is 22.9 Å². The van der Waals surface area contributed by atoms with Crippen molar-refractivity contribution >= 4 is 34.7 Å². The first-order valence-electron chi connectivity index (χ1n) is 7.29. The van der Waals surface area contributed by atoms with Gasteiger partial charge in [0.2, 0.25) is 5.95 Å². The van der Waals surface area contributed by atoms with Gasteiger partial charge in [0.1, 0.15) is 5.82 Å². The van der Waals surface area contributed by atoms with E-state index >= 15 is 0 Å². The molecule has 0 bridgehead atoms. The van der Waals surface area contributed by atoms with Gasteiger partial charge in [-0.1, -0.05) is 35.9 Å². The number of aryl methyl sites for hydroxylation is 1. The summed E-state index contributed by atoms with van der Waals surface area (Å²) in [7, 11) is 1.99. The average molecular weight is 325 g/mol. The fraction of sp³-hybridized carbons (Fsp3) is 0.111. The molecule has 0 unspecified atom stereocenters. The third-order valence-electron chi connectivity index (χ3n) is 3.41. The van der Waals surface area contributed by atoms with Crippen LogP contribution < -0.4 is 10.2 Å². The number of para-hydroxylation sites is 1. The second-order valence-electron chi connectivity index (χ2n) is 5.22. The van der Waals surface area contributed by atoms with Crippen molar-refractivity contribution in [2.45, 2.75) is 6.92 Å². The lowest BCUT2D eigenvalue weighted by Gasteiger charge is -2.19. The lowest BCUT2D eigenvalue weighted by Crippen LogP contribution is -2.13. The first-order chi connectivity index (χ1) is 11.1. The van der Waals surface area contributed by atoms with Crippen LogP contribution in [0.2, 0.25) is 5.02 Å². The zero-order chi connectivity index (χ0) is 16.2. The molecular weight excluding hydrogens is 308 g/mol. The van der Waals surface area contributed by atoms with E-state index < -0.39 is 0 Å². The van der Waals surface area contributed by atoms with Crippen LogP contribution >= 0.6 is 11.6 Å². The highest BCUT2D eigenvalue weighted by molar-refractivity contribution is 6.30. The van der Waals surface area contributed by atoms with Gasteiger partial charge in [-0.05, 0) is 37.3 Å². The van der Waals surface area contributed by atoms with Crippen molar-refractivity contribution in [1.82, 2.24) is 9.97 Å². The highest BCUT2D eigenvalue weighted by Gasteiger charge is 2.09. The minimum Gasteiger partial charge on any atom is -0.329 e. The normalized spacial score (nSPS) is 10.4. The molecule has 0 saturated heterocycles. The van der Waals surface area contributed by atoms with Gasteiger partial charge in [-0.15, -0.1) is 0 Å². The summed E-state index contributed by atoms with van der Waals surface area (Å²) in [4.78, 5) is 11.1. The summed E-state index contributed by atoms with van der Waals surface area (Å²) in [5.41, 5.74) is 2.82. The summed E-state index contributed by atoms with van der Waals surface area (Å²) in [5.74, 6) is 1.37. The van der Waals surface area contributed by atoms with Gasteiger partial charge < -0.3 is 10.2 Å². The molecule has 0 aliphatic heterocycles. The van der Waals surface area contributed by atoms with Gasteiger partial charge in [-0.2, -0.15) is 4.98 Å². The summed E-state index contributed by atoms with van der Waals surface area (Å²) in [6.45, 7) is 1.95. The Balaban J connectivity index is 1.90. The molecule has 1 aromatic heterocycles. The van der Waals surface area contributed by atoms with Crippen LogP contribution in [0.3, 0.4) is 0 Å². The molecule has 1 N–H and O–H groups in total. The Morgan fingerprint density at radius 1 is 0.957 bits per heavy atom. The fourth-order valence-electron chi connectivity index (χ4n) is 2.26. The number of nitrogens with one attached hydrogen (secondary N) is 1. The van der Waals surface area contributed by atoms with Crippen molar-refractivity contribution < 1.29 is 0 Å². The maximum absolute atomic E-state index is 6.02. The first-order valence-corrected chi connectivity index (χ1v) is 7.67. The molecular formula is C18H17ClN4. The predicted octanol–water partition coefficient (Wildman–Crippen LogP) is 4.95.